The van der Waals surface area contributed by atoms with E-state index in [4.69, 9.17) is 9.47 Å². The minimum absolute atomic E-state index is 0.0624. The number of aliphatic hydroxyl groups is 1. The third kappa shape index (κ3) is 55.2. The Kier molecular flexibility index (Phi) is 56.8. The zero-order valence-electron chi connectivity index (χ0n) is 45.0. The van der Waals surface area contributed by atoms with Gasteiger partial charge in [0.05, 0.1) is 6.61 Å². The lowest BCUT2D eigenvalue weighted by atomic mass is 10.0. The summed E-state index contributed by atoms with van der Waals surface area (Å²) in [6, 6.07) is 0. The number of hydrogen-bond acceptors (Lipinski definition) is 5. The Balaban J connectivity index is 3.33. The van der Waals surface area contributed by atoms with Gasteiger partial charge in [-0.2, -0.15) is 0 Å². The van der Waals surface area contributed by atoms with E-state index in [2.05, 4.69) is 26.0 Å². The third-order valence-corrected chi connectivity index (χ3v) is 14.1. The summed E-state index contributed by atoms with van der Waals surface area (Å²) in [6.45, 7) is 4.17. The summed E-state index contributed by atoms with van der Waals surface area (Å²) in [7, 11) is 0. The first kappa shape index (κ1) is 64.6. The van der Waals surface area contributed by atoms with Gasteiger partial charge < -0.3 is 14.6 Å². The maximum absolute atomic E-state index is 12.2. The number of hydrogen-bond donors (Lipinski definition) is 1. The molecule has 392 valence electrons. The lowest BCUT2D eigenvalue weighted by Crippen LogP contribution is -2.28. The topological polar surface area (TPSA) is 72.8 Å². The number of esters is 2. The second-order valence-electron chi connectivity index (χ2n) is 20.8. The Labute approximate surface area is 413 Å². The SMILES string of the molecule is CCCCCCC/C=C\CCCCCCCC(=O)OC(CO)COC(=O)CCCCCCCCCCCCCCCCCCCCCCCCCCCCCCCCCCCCCCCC. The van der Waals surface area contributed by atoms with Crippen LogP contribution in [-0.2, 0) is 19.1 Å². The number of carbonyl (C=O) groups excluding carboxylic acids is 2. The first-order valence-corrected chi connectivity index (χ1v) is 30.2. The highest BCUT2D eigenvalue weighted by Gasteiger charge is 2.16. The molecule has 0 fully saturated rings. The van der Waals surface area contributed by atoms with Crippen molar-refractivity contribution in [3.05, 3.63) is 12.2 Å². The Hall–Kier alpha value is -1.36. The smallest absolute Gasteiger partial charge is 0.306 e. The molecule has 0 aliphatic rings. The zero-order chi connectivity index (χ0) is 47.7. The second-order valence-corrected chi connectivity index (χ2v) is 20.8. The number of rotatable bonds is 57. The third-order valence-electron chi connectivity index (χ3n) is 14.1. The fraction of sp³-hybridized carbons (Fsp3) is 0.934. The number of aliphatic hydroxyl groups excluding tert-OH is 1. The summed E-state index contributed by atoms with van der Waals surface area (Å²) in [5.41, 5.74) is 0. The molecule has 0 bridgehead atoms. The van der Waals surface area contributed by atoms with E-state index < -0.39 is 6.10 Å². The number of unbranched alkanes of at least 4 members (excludes halogenated alkanes) is 47. The fourth-order valence-corrected chi connectivity index (χ4v) is 9.50. The van der Waals surface area contributed by atoms with Gasteiger partial charge in [-0.15, -0.1) is 0 Å². The van der Waals surface area contributed by atoms with Gasteiger partial charge in [-0.3, -0.25) is 9.59 Å². The van der Waals surface area contributed by atoms with Crippen molar-refractivity contribution in [1.82, 2.24) is 0 Å². The van der Waals surface area contributed by atoms with E-state index in [0.29, 0.717) is 12.8 Å². The highest BCUT2D eigenvalue weighted by Crippen LogP contribution is 2.18. The van der Waals surface area contributed by atoms with Gasteiger partial charge in [0, 0.05) is 12.8 Å². The first-order chi connectivity index (χ1) is 32.6. The van der Waals surface area contributed by atoms with Gasteiger partial charge in [0.2, 0.25) is 0 Å². The van der Waals surface area contributed by atoms with Gasteiger partial charge in [-0.25, -0.2) is 0 Å². The Morgan fingerprint density at radius 1 is 0.333 bits per heavy atom. The van der Waals surface area contributed by atoms with Crippen LogP contribution in [-0.4, -0.2) is 36.4 Å². The summed E-state index contributed by atoms with van der Waals surface area (Å²) >= 11 is 0. The van der Waals surface area contributed by atoms with Crippen LogP contribution >= 0.6 is 0 Å². The molecule has 0 spiro atoms. The minimum Gasteiger partial charge on any atom is -0.462 e. The van der Waals surface area contributed by atoms with Crippen LogP contribution in [0, 0.1) is 0 Å². The number of carbonyl (C=O) groups is 2. The van der Waals surface area contributed by atoms with Crippen LogP contribution in [0.15, 0.2) is 12.2 Å². The molecule has 0 amide bonds. The molecule has 0 aromatic rings. The molecule has 1 N–H and O–H groups in total. The summed E-state index contributed by atoms with van der Waals surface area (Å²) in [5, 5.41) is 9.62. The molecule has 1 atom stereocenters. The quantitative estimate of drug-likeness (QED) is 0.0374. The predicted molar refractivity (Wildman–Crippen MR) is 288 cm³/mol. The first-order valence-electron chi connectivity index (χ1n) is 30.2. The summed E-state index contributed by atoms with van der Waals surface area (Å²) < 4.78 is 10.7. The number of ether oxygens (including phenoxy) is 2. The summed E-state index contributed by atoms with van der Waals surface area (Å²) in [6.07, 6.45) is 72.3. The molecule has 0 aromatic carbocycles. The standard InChI is InChI=1S/C61H118O5/c1-3-5-7-9-11-13-15-17-19-20-21-22-23-24-25-26-27-28-29-30-31-32-33-34-35-36-37-38-39-40-41-42-44-45-47-49-51-53-55-60(63)65-58-59(57-62)66-61(64)56-54-52-50-48-46-43-18-16-14-12-10-8-6-4-2/h16,18,59,62H,3-15,17,19-58H2,1-2H3/b18-16-. The molecular formula is C61H118O5. The normalized spacial score (nSPS) is 12.1. The molecule has 0 saturated heterocycles. The maximum Gasteiger partial charge on any atom is 0.306 e. The second kappa shape index (κ2) is 58.0. The van der Waals surface area contributed by atoms with Gasteiger partial charge >= 0.3 is 11.9 Å². The average Bonchev–Trinajstić information content (AvgIpc) is 3.32. The molecule has 0 radical (unpaired) electrons. The molecule has 0 aliphatic carbocycles. The maximum atomic E-state index is 12.2. The Morgan fingerprint density at radius 2 is 0.561 bits per heavy atom. The van der Waals surface area contributed by atoms with Crippen LogP contribution in [0.1, 0.15) is 348 Å². The largest absolute Gasteiger partial charge is 0.462 e. The van der Waals surface area contributed by atoms with Crippen molar-refractivity contribution >= 4 is 11.9 Å². The van der Waals surface area contributed by atoms with E-state index in [1.807, 2.05) is 0 Å². The molecule has 0 aromatic heterocycles. The fourth-order valence-electron chi connectivity index (χ4n) is 9.50. The van der Waals surface area contributed by atoms with E-state index in [9.17, 15) is 14.7 Å². The minimum atomic E-state index is -0.771. The predicted octanol–water partition coefficient (Wildman–Crippen LogP) is 20.3. The molecule has 0 aliphatic heterocycles. The zero-order valence-corrected chi connectivity index (χ0v) is 45.0. The van der Waals surface area contributed by atoms with Crippen molar-refractivity contribution < 1.29 is 24.2 Å². The highest BCUT2D eigenvalue weighted by molar-refractivity contribution is 5.70. The van der Waals surface area contributed by atoms with Gasteiger partial charge in [0.25, 0.3) is 0 Å². The van der Waals surface area contributed by atoms with E-state index >= 15 is 0 Å². The van der Waals surface area contributed by atoms with Crippen LogP contribution in [0.3, 0.4) is 0 Å². The van der Waals surface area contributed by atoms with Crippen molar-refractivity contribution in [1.29, 1.82) is 0 Å². The van der Waals surface area contributed by atoms with Gasteiger partial charge in [-0.1, -0.05) is 309 Å². The summed E-state index contributed by atoms with van der Waals surface area (Å²) in [5.74, 6) is -0.582. The van der Waals surface area contributed by atoms with Crippen molar-refractivity contribution in [3.63, 3.8) is 0 Å². The van der Waals surface area contributed by atoms with Crippen molar-refractivity contribution in [3.8, 4) is 0 Å². The molecule has 5 heteroatoms. The van der Waals surface area contributed by atoms with Crippen LogP contribution in [0.2, 0.25) is 0 Å². The van der Waals surface area contributed by atoms with Crippen LogP contribution in [0.5, 0.6) is 0 Å². The lowest BCUT2D eigenvalue weighted by molar-refractivity contribution is -0.161. The van der Waals surface area contributed by atoms with E-state index in [-0.39, 0.29) is 25.2 Å². The van der Waals surface area contributed by atoms with Crippen molar-refractivity contribution in [2.45, 2.75) is 354 Å². The van der Waals surface area contributed by atoms with Gasteiger partial charge in [0.1, 0.15) is 6.61 Å². The van der Waals surface area contributed by atoms with E-state index in [1.54, 1.807) is 0 Å². The van der Waals surface area contributed by atoms with Crippen LogP contribution in [0.4, 0.5) is 0 Å². The van der Waals surface area contributed by atoms with Crippen molar-refractivity contribution in [2.75, 3.05) is 13.2 Å². The van der Waals surface area contributed by atoms with Crippen molar-refractivity contribution in [2.24, 2.45) is 0 Å². The molecule has 1 unspecified atom stereocenters. The Morgan fingerprint density at radius 3 is 0.818 bits per heavy atom. The lowest BCUT2D eigenvalue weighted by Gasteiger charge is -2.15. The van der Waals surface area contributed by atoms with Gasteiger partial charge in [0.15, 0.2) is 6.10 Å². The molecule has 5 nitrogen and oxygen atoms in total. The van der Waals surface area contributed by atoms with Gasteiger partial charge in [-0.05, 0) is 38.5 Å². The molecule has 0 saturated carbocycles. The van der Waals surface area contributed by atoms with E-state index in [1.165, 1.54) is 283 Å². The van der Waals surface area contributed by atoms with E-state index in [0.717, 1.165) is 38.5 Å². The molecule has 66 heavy (non-hydrogen) atoms. The molecule has 0 heterocycles. The average molecular weight is 932 g/mol. The molecular weight excluding hydrogens is 813 g/mol. The summed E-state index contributed by atoms with van der Waals surface area (Å²) in [4.78, 5) is 24.4. The monoisotopic (exact) mass is 931 g/mol. The molecule has 0 rings (SSSR count). The number of allylic oxidation sites excluding steroid dienone is 2. The Bertz CT molecular complexity index is 963. The van der Waals surface area contributed by atoms with Crippen LogP contribution < -0.4 is 0 Å². The highest BCUT2D eigenvalue weighted by atomic mass is 16.6. The van der Waals surface area contributed by atoms with Crippen LogP contribution in [0.25, 0.3) is 0 Å².